The molecule has 0 spiro atoms. The van der Waals surface area contributed by atoms with Crippen molar-refractivity contribution in [2.24, 2.45) is 0 Å². The average Bonchev–Trinajstić information content (AvgIpc) is 2.19. The molecule has 0 aliphatic heterocycles. The van der Waals surface area contributed by atoms with Gasteiger partial charge in [0.1, 0.15) is 5.75 Å². The molecule has 1 rings (SSSR count). The molecule has 0 aliphatic rings. The average molecular weight is 221 g/mol. The summed E-state index contributed by atoms with van der Waals surface area (Å²) < 4.78 is 5.40. The van der Waals surface area contributed by atoms with E-state index in [1.807, 2.05) is 19.1 Å². The molecule has 0 fully saturated rings. The van der Waals surface area contributed by atoms with Gasteiger partial charge in [0.05, 0.1) is 6.61 Å². The van der Waals surface area contributed by atoms with E-state index in [1.165, 1.54) is 5.56 Å². The minimum absolute atomic E-state index is 0.200. The van der Waals surface area contributed by atoms with E-state index in [0.29, 0.717) is 0 Å². The summed E-state index contributed by atoms with van der Waals surface area (Å²) in [6.07, 6.45) is 1.06. The second kappa shape index (κ2) is 5.90. The van der Waals surface area contributed by atoms with E-state index in [1.54, 1.807) is 0 Å². The Morgan fingerprint density at radius 3 is 2.25 bits per heavy atom. The van der Waals surface area contributed by atoms with E-state index >= 15 is 0 Å². The maximum atomic E-state index is 5.40. The quantitative estimate of drug-likeness (QED) is 0.825. The summed E-state index contributed by atoms with van der Waals surface area (Å²) in [6.45, 7) is 10.3. The SMILES string of the molecule is CCOc1ccc(CCNC(C)(C)C)cc1. The normalized spacial score (nSPS) is 11.5. The lowest BCUT2D eigenvalue weighted by atomic mass is 10.1. The van der Waals surface area contributed by atoms with Crippen molar-refractivity contribution in [1.82, 2.24) is 5.32 Å². The van der Waals surface area contributed by atoms with Crippen LogP contribution in [0.1, 0.15) is 33.3 Å². The van der Waals surface area contributed by atoms with E-state index in [2.05, 4.69) is 38.2 Å². The van der Waals surface area contributed by atoms with Gasteiger partial charge in [0.15, 0.2) is 0 Å². The van der Waals surface area contributed by atoms with Gasteiger partial charge in [-0.3, -0.25) is 0 Å². The van der Waals surface area contributed by atoms with Gasteiger partial charge >= 0.3 is 0 Å². The topological polar surface area (TPSA) is 21.3 Å². The molecule has 0 aliphatic carbocycles. The number of rotatable bonds is 5. The van der Waals surface area contributed by atoms with Crippen LogP contribution in [0.2, 0.25) is 0 Å². The van der Waals surface area contributed by atoms with Crippen molar-refractivity contribution in [2.75, 3.05) is 13.2 Å². The zero-order valence-electron chi connectivity index (χ0n) is 10.8. The van der Waals surface area contributed by atoms with Crippen LogP contribution in [-0.4, -0.2) is 18.7 Å². The van der Waals surface area contributed by atoms with Crippen LogP contribution >= 0.6 is 0 Å². The molecule has 0 saturated carbocycles. The van der Waals surface area contributed by atoms with Gasteiger partial charge in [0.2, 0.25) is 0 Å². The molecule has 1 aromatic rings. The predicted molar refractivity (Wildman–Crippen MR) is 69.1 cm³/mol. The zero-order chi connectivity index (χ0) is 12.0. The monoisotopic (exact) mass is 221 g/mol. The number of ether oxygens (including phenoxy) is 1. The third-order valence-corrected chi connectivity index (χ3v) is 2.30. The number of hydrogen-bond donors (Lipinski definition) is 1. The highest BCUT2D eigenvalue weighted by Gasteiger charge is 2.07. The molecule has 0 aromatic heterocycles. The molecule has 1 aromatic carbocycles. The first-order valence-electron chi connectivity index (χ1n) is 5.98. The molecule has 16 heavy (non-hydrogen) atoms. The number of nitrogens with one attached hydrogen (secondary N) is 1. The van der Waals surface area contributed by atoms with E-state index in [0.717, 1.165) is 25.3 Å². The lowest BCUT2D eigenvalue weighted by Crippen LogP contribution is -2.37. The summed E-state index contributed by atoms with van der Waals surface area (Å²) in [4.78, 5) is 0. The first-order valence-corrected chi connectivity index (χ1v) is 5.98. The smallest absolute Gasteiger partial charge is 0.119 e. The van der Waals surface area contributed by atoms with Crippen LogP contribution in [0.4, 0.5) is 0 Å². The largest absolute Gasteiger partial charge is 0.494 e. The minimum atomic E-state index is 0.200. The molecule has 90 valence electrons. The molecular weight excluding hydrogens is 198 g/mol. The van der Waals surface area contributed by atoms with Crippen molar-refractivity contribution in [2.45, 2.75) is 39.7 Å². The van der Waals surface area contributed by atoms with Crippen LogP contribution in [0.3, 0.4) is 0 Å². The highest BCUT2D eigenvalue weighted by Crippen LogP contribution is 2.12. The standard InChI is InChI=1S/C14H23NO/c1-5-16-13-8-6-12(7-9-13)10-11-15-14(2,3)4/h6-9,15H,5,10-11H2,1-4H3. The Morgan fingerprint density at radius 2 is 1.75 bits per heavy atom. The highest BCUT2D eigenvalue weighted by molar-refractivity contribution is 5.27. The van der Waals surface area contributed by atoms with Crippen LogP contribution < -0.4 is 10.1 Å². The molecule has 0 radical (unpaired) electrons. The molecule has 0 heterocycles. The Labute approximate surface area is 99.0 Å². The van der Waals surface area contributed by atoms with Gasteiger partial charge in [0.25, 0.3) is 0 Å². The Bertz CT molecular complexity index is 298. The van der Waals surface area contributed by atoms with Gasteiger partial charge in [-0.1, -0.05) is 12.1 Å². The molecule has 0 saturated heterocycles. The molecule has 2 nitrogen and oxygen atoms in total. The van der Waals surface area contributed by atoms with Crippen molar-refractivity contribution in [3.8, 4) is 5.75 Å². The second-order valence-electron chi connectivity index (χ2n) is 5.00. The van der Waals surface area contributed by atoms with E-state index < -0.39 is 0 Å². The summed E-state index contributed by atoms with van der Waals surface area (Å²) in [5.74, 6) is 0.954. The Hall–Kier alpha value is -1.02. The molecule has 0 unspecified atom stereocenters. The van der Waals surface area contributed by atoms with Crippen molar-refractivity contribution < 1.29 is 4.74 Å². The number of benzene rings is 1. The summed E-state index contributed by atoms with van der Waals surface area (Å²) in [7, 11) is 0. The van der Waals surface area contributed by atoms with Gasteiger partial charge in [-0.05, 0) is 58.4 Å². The van der Waals surface area contributed by atoms with Gasteiger partial charge in [-0.2, -0.15) is 0 Å². The molecule has 1 N–H and O–H groups in total. The molecule has 0 bridgehead atoms. The molecular formula is C14H23NO. The fourth-order valence-corrected chi connectivity index (χ4v) is 1.50. The molecule has 0 atom stereocenters. The van der Waals surface area contributed by atoms with Gasteiger partial charge in [-0.15, -0.1) is 0 Å². The van der Waals surface area contributed by atoms with E-state index in [9.17, 15) is 0 Å². The van der Waals surface area contributed by atoms with Gasteiger partial charge in [-0.25, -0.2) is 0 Å². The fraction of sp³-hybridized carbons (Fsp3) is 0.571. The highest BCUT2D eigenvalue weighted by atomic mass is 16.5. The van der Waals surface area contributed by atoms with Crippen LogP contribution in [-0.2, 0) is 6.42 Å². The van der Waals surface area contributed by atoms with Crippen molar-refractivity contribution in [1.29, 1.82) is 0 Å². The van der Waals surface area contributed by atoms with Gasteiger partial charge < -0.3 is 10.1 Å². The summed E-state index contributed by atoms with van der Waals surface area (Å²) in [6, 6.07) is 8.34. The summed E-state index contributed by atoms with van der Waals surface area (Å²) in [5, 5.41) is 3.48. The third kappa shape index (κ3) is 5.17. The lowest BCUT2D eigenvalue weighted by Gasteiger charge is -2.20. The van der Waals surface area contributed by atoms with E-state index in [-0.39, 0.29) is 5.54 Å². The second-order valence-corrected chi connectivity index (χ2v) is 5.00. The van der Waals surface area contributed by atoms with Crippen LogP contribution in [0.25, 0.3) is 0 Å². The van der Waals surface area contributed by atoms with E-state index in [4.69, 9.17) is 4.74 Å². The summed E-state index contributed by atoms with van der Waals surface area (Å²) >= 11 is 0. The lowest BCUT2D eigenvalue weighted by molar-refractivity contribution is 0.340. The maximum absolute atomic E-state index is 5.40. The fourth-order valence-electron chi connectivity index (χ4n) is 1.50. The Morgan fingerprint density at radius 1 is 1.12 bits per heavy atom. The van der Waals surface area contributed by atoms with Crippen LogP contribution in [0.5, 0.6) is 5.75 Å². The molecule has 0 amide bonds. The van der Waals surface area contributed by atoms with Crippen LogP contribution in [0, 0.1) is 0 Å². The predicted octanol–water partition coefficient (Wildman–Crippen LogP) is 3.02. The Balaban J connectivity index is 2.37. The third-order valence-electron chi connectivity index (χ3n) is 2.30. The van der Waals surface area contributed by atoms with Crippen LogP contribution in [0.15, 0.2) is 24.3 Å². The zero-order valence-corrected chi connectivity index (χ0v) is 10.8. The minimum Gasteiger partial charge on any atom is -0.494 e. The Kier molecular flexibility index (Phi) is 4.81. The number of hydrogen-bond acceptors (Lipinski definition) is 2. The summed E-state index contributed by atoms with van der Waals surface area (Å²) in [5.41, 5.74) is 1.55. The van der Waals surface area contributed by atoms with Crippen molar-refractivity contribution in [3.05, 3.63) is 29.8 Å². The first kappa shape index (κ1) is 13.0. The van der Waals surface area contributed by atoms with Crippen molar-refractivity contribution >= 4 is 0 Å². The van der Waals surface area contributed by atoms with Gasteiger partial charge in [0, 0.05) is 5.54 Å². The maximum Gasteiger partial charge on any atom is 0.119 e. The first-order chi connectivity index (χ1) is 7.51. The van der Waals surface area contributed by atoms with Crippen molar-refractivity contribution in [3.63, 3.8) is 0 Å². The molecule has 2 heteroatoms.